The molecule has 23 heavy (non-hydrogen) atoms. The van der Waals surface area contributed by atoms with Crippen LogP contribution in [0.4, 0.5) is 4.39 Å². The summed E-state index contributed by atoms with van der Waals surface area (Å²) < 4.78 is 52.3. The van der Waals surface area contributed by atoms with Crippen LogP contribution in [0.15, 0.2) is 29.2 Å². The molecular weight excluding hydrogens is 321 g/mol. The monoisotopic (exact) mass is 343 g/mol. The molecule has 2 atom stereocenters. The third kappa shape index (κ3) is 3.15. The van der Waals surface area contributed by atoms with Gasteiger partial charge in [0.15, 0.2) is 0 Å². The molecule has 1 saturated heterocycles. The van der Waals surface area contributed by atoms with Gasteiger partial charge in [-0.15, -0.1) is 0 Å². The number of hydrogen-bond donors (Lipinski definition) is 1. The molecule has 1 aliphatic carbocycles. The van der Waals surface area contributed by atoms with Crippen molar-refractivity contribution in [1.29, 1.82) is 0 Å². The second kappa shape index (κ2) is 6.47. The van der Waals surface area contributed by atoms with Crippen LogP contribution >= 0.6 is 0 Å². The summed E-state index contributed by atoms with van der Waals surface area (Å²) in [6.45, 7) is 3.78. The van der Waals surface area contributed by atoms with Gasteiger partial charge in [-0.2, -0.15) is 0 Å². The Bertz CT molecular complexity index is 658. The Morgan fingerprint density at radius 1 is 1.39 bits per heavy atom. The van der Waals surface area contributed by atoms with Gasteiger partial charge in [0.25, 0.3) is 0 Å². The Morgan fingerprint density at radius 2 is 2.13 bits per heavy atom. The van der Waals surface area contributed by atoms with Gasteiger partial charge in [0.1, 0.15) is 5.82 Å². The van der Waals surface area contributed by atoms with Crippen LogP contribution in [0.3, 0.4) is 0 Å². The minimum atomic E-state index is -3.74. The first-order valence-electron chi connectivity index (χ1n) is 7.95. The second-order valence-corrected chi connectivity index (χ2v) is 7.87. The highest BCUT2D eigenvalue weighted by Crippen LogP contribution is 2.51. The molecule has 0 aromatic heterocycles. The Labute approximate surface area is 136 Å². The lowest BCUT2D eigenvalue weighted by Crippen LogP contribution is -2.66. The van der Waals surface area contributed by atoms with Gasteiger partial charge in [-0.25, -0.2) is 17.5 Å². The Balaban J connectivity index is 1.79. The summed E-state index contributed by atoms with van der Waals surface area (Å²) in [5.41, 5.74) is -0.214. The van der Waals surface area contributed by atoms with Crippen molar-refractivity contribution >= 4 is 10.0 Å². The standard InChI is InChI=1S/C16H22FNO4S/c1-2-22-15-11-14(16(15)6-8-21-9-7-16)18-23(19,20)13-5-3-4-12(17)10-13/h3-5,10,14-15,18H,2,6-9,11H2,1H3/t14-,15-/m1/s1. The number of ether oxygens (including phenoxy) is 2. The summed E-state index contributed by atoms with van der Waals surface area (Å²) in [6.07, 6.45) is 2.24. The molecule has 1 saturated carbocycles. The first-order chi connectivity index (χ1) is 11.0. The lowest BCUT2D eigenvalue weighted by molar-refractivity contribution is -0.168. The Kier molecular flexibility index (Phi) is 4.73. The van der Waals surface area contributed by atoms with Crippen LogP contribution < -0.4 is 4.72 Å². The van der Waals surface area contributed by atoms with Gasteiger partial charge in [-0.05, 0) is 44.4 Å². The molecule has 0 amide bonds. The summed E-state index contributed by atoms with van der Waals surface area (Å²) in [6, 6.07) is 4.88. The lowest BCUT2D eigenvalue weighted by atomic mass is 9.58. The van der Waals surface area contributed by atoms with E-state index in [1.807, 2.05) is 6.92 Å². The quantitative estimate of drug-likeness (QED) is 0.889. The smallest absolute Gasteiger partial charge is 0.240 e. The number of hydrogen-bond acceptors (Lipinski definition) is 4. The molecule has 0 radical (unpaired) electrons. The second-order valence-electron chi connectivity index (χ2n) is 6.16. The van der Waals surface area contributed by atoms with Gasteiger partial charge in [0.05, 0.1) is 11.0 Å². The molecule has 7 heteroatoms. The van der Waals surface area contributed by atoms with Crippen LogP contribution in [0, 0.1) is 11.2 Å². The van der Waals surface area contributed by atoms with E-state index in [9.17, 15) is 12.8 Å². The van der Waals surface area contributed by atoms with Crippen molar-refractivity contribution in [2.24, 2.45) is 5.41 Å². The van der Waals surface area contributed by atoms with Gasteiger partial charge in [0.2, 0.25) is 10.0 Å². The predicted octanol–water partition coefficient (Wildman–Crippen LogP) is 2.08. The van der Waals surface area contributed by atoms with Gasteiger partial charge in [-0.3, -0.25) is 0 Å². The average Bonchev–Trinajstić information content (AvgIpc) is 2.55. The Hall–Kier alpha value is -1.02. The van der Waals surface area contributed by atoms with Gasteiger partial charge < -0.3 is 9.47 Å². The number of halogens is 1. The van der Waals surface area contributed by atoms with Crippen LogP contribution in [0.2, 0.25) is 0 Å². The number of rotatable bonds is 5. The molecule has 1 aliphatic heterocycles. The molecule has 1 N–H and O–H groups in total. The lowest BCUT2D eigenvalue weighted by Gasteiger charge is -2.57. The molecule has 5 nitrogen and oxygen atoms in total. The van der Waals surface area contributed by atoms with E-state index < -0.39 is 15.8 Å². The van der Waals surface area contributed by atoms with E-state index in [-0.39, 0.29) is 22.5 Å². The molecule has 1 spiro atoms. The first kappa shape index (κ1) is 16.8. The van der Waals surface area contributed by atoms with Gasteiger partial charge in [-0.1, -0.05) is 6.07 Å². The van der Waals surface area contributed by atoms with Crippen molar-refractivity contribution < 1.29 is 22.3 Å². The minimum Gasteiger partial charge on any atom is -0.381 e. The van der Waals surface area contributed by atoms with Crippen LogP contribution in [-0.2, 0) is 19.5 Å². The maximum Gasteiger partial charge on any atom is 0.240 e. The van der Waals surface area contributed by atoms with Crippen LogP contribution in [0.5, 0.6) is 0 Å². The third-order valence-electron chi connectivity index (χ3n) is 4.98. The summed E-state index contributed by atoms with van der Waals surface area (Å²) in [4.78, 5) is -0.0421. The van der Waals surface area contributed by atoms with E-state index in [0.29, 0.717) is 26.2 Å². The maximum atomic E-state index is 13.3. The predicted molar refractivity (Wildman–Crippen MR) is 83.0 cm³/mol. The van der Waals surface area contributed by atoms with Crippen LogP contribution in [0.25, 0.3) is 0 Å². The maximum absolute atomic E-state index is 13.3. The first-order valence-corrected chi connectivity index (χ1v) is 9.43. The van der Waals surface area contributed by atoms with E-state index in [4.69, 9.17) is 9.47 Å². The van der Waals surface area contributed by atoms with Gasteiger partial charge in [0, 0.05) is 31.3 Å². The van der Waals surface area contributed by atoms with Crippen molar-refractivity contribution in [3.8, 4) is 0 Å². The number of benzene rings is 1. The molecule has 0 unspecified atom stereocenters. The highest BCUT2D eigenvalue weighted by molar-refractivity contribution is 7.89. The number of sulfonamides is 1. The highest BCUT2D eigenvalue weighted by atomic mass is 32.2. The van der Waals surface area contributed by atoms with Crippen molar-refractivity contribution in [2.75, 3.05) is 19.8 Å². The average molecular weight is 343 g/mol. The van der Waals surface area contributed by atoms with Crippen LogP contribution in [-0.4, -0.2) is 40.4 Å². The fourth-order valence-electron chi connectivity index (χ4n) is 3.66. The molecule has 2 fully saturated rings. The highest BCUT2D eigenvalue weighted by Gasteiger charge is 2.57. The van der Waals surface area contributed by atoms with Crippen molar-refractivity contribution in [1.82, 2.24) is 4.72 Å². The Morgan fingerprint density at radius 3 is 2.78 bits per heavy atom. The molecule has 1 aromatic carbocycles. The fraction of sp³-hybridized carbons (Fsp3) is 0.625. The molecule has 128 valence electrons. The van der Waals surface area contributed by atoms with E-state index in [0.717, 1.165) is 18.9 Å². The summed E-state index contributed by atoms with van der Waals surface area (Å²) in [5, 5.41) is 0. The van der Waals surface area contributed by atoms with Crippen molar-refractivity contribution in [2.45, 2.75) is 43.2 Å². The summed E-state index contributed by atoms with van der Waals surface area (Å²) in [5.74, 6) is -0.561. The van der Waals surface area contributed by atoms with E-state index in [1.165, 1.54) is 18.2 Å². The van der Waals surface area contributed by atoms with Crippen molar-refractivity contribution in [3.63, 3.8) is 0 Å². The molecule has 3 rings (SSSR count). The van der Waals surface area contributed by atoms with Gasteiger partial charge >= 0.3 is 0 Å². The summed E-state index contributed by atoms with van der Waals surface area (Å²) in [7, 11) is -3.74. The third-order valence-corrected chi connectivity index (χ3v) is 6.45. The molecule has 1 heterocycles. The zero-order valence-corrected chi connectivity index (χ0v) is 13.9. The van der Waals surface area contributed by atoms with E-state index >= 15 is 0 Å². The van der Waals surface area contributed by atoms with E-state index in [1.54, 1.807) is 0 Å². The fourth-order valence-corrected chi connectivity index (χ4v) is 5.03. The van der Waals surface area contributed by atoms with Crippen molar-refractivity contribution in [3.05, 3.63) is 30.1 Å². The molecule has 1 aromatic rings. The summed E-state index contributed by atoms with van der Waals surface area (Å²) >= 11 is 0. The molecule has 2 aliphatic rings. The zero-order chi connectivity index (χ0) is 16.5. The molecule has 0 bridgehead atoms. The topological polar surface area (TPSA) is 64.6 Å². The van der Waals surface area contributed by atoms with Crippen LogP contribution in [0.1, 0.15) is 26.2 Å². The number of nitrogens with one attached hydrogen (secondary N) is 1. The largest absolute Gasteiger partial charge is 0.381 e. The molecular formula is C16H22FNO4S. The normalized spacial score (nSPS) is 26.9. The zero-order valence-electron chi connectivity index (χ0n) is 13.1. The van der Waals surface area contributed by atoms with E-state index in [2.05, 4.69) is 4.72 Å². The SMILES string of the molecule is CCO[C@@H]1C[C@@H](NS(=O)(=O)c2cccc(F)c2)C12CCOCC2. The minimum absolute atomic E-state index is 0.0421.